The van der Waals surface area contributed by atoms with Gasteiger partial charge in [0.25, 0.3) is 10.0 Å². The molecule has 0 spiro atoms. The Morgan fingerprint density at radius 1 is 1.10 bits per heavy atom. The zero-order valence-electron chi connectivity index (χ0n) is 11.3. The highest BCUT2D eigenvalue weighted by molar-refractivity contribution is 7.93. The summed E-state index contributed by atoms with van der Waals surface area (Å²) in [6.45, 7) is 2.00. The van der Waals surface area contributed by atoms with Crippen molar-refractivity contribution in [2.75, 3.05) is 16.6 Å². The molecule has 0 bridgehead atoms. The molecule has 0 fully saturated rings. The van der Waals surface area contributed by atoms with Gasteiger partial charge in [-0.15, -0.1) is 0 Å². The Kier molecular flexibility index (Phi) is 4.66. The Labute approximate surface area is 134 Å². The van der Waals surface area contributed by atoms with Crippen molar-refractivity contribution in [3.63, 3.8) is 0 Å². The summed E-state index contributed by atoms with van der Waals surface area (Å²) in [6, 6.07) is 10.9. The van der Waals surface area contributed by atoms with Gasteiger partial charge in [-0.1, -0.05) is 23.2 Å². The predicted octanol–water partition coefficient (Wildman–Crippen LogP) is 3.79. The summed E-state index contributed by atoms with van der Waals surface area (Å²) >= 11 is 11.9. The van der Waals surface area contributed by atoms with Gasteiger partial charge in [0.1, 0.15) is 4.90 Å². The monoisotopic (exact) mass is 344 g/mol. The van der Waals surface area contributed by atoms with E-state index in [4.69, 9.17) is 28.9 Å². The maximum Gasteiger partial charge on any atom is 0.265 e. The third-order valence-corrected chi connectivity index (χ3v) is 5.55. The van der Waals surface area contributed by atoms with E-state index >= 15 is 0 Å². The molecule has 0 aliphatic carbocycles. The van der Waals surface area contributed by atoms with Crippen molar-refractivity contribution in [1.82, 2.24) is 0 Å². The second-order valence-electron chi connectivity index (χ2n) is 4.34. The number of benzene rings is 2. The van der Waals surface area contributed by atoms with Crippen LogP contribution >= 0.6 is 23.2 Å². The van der Waals surface area contributed by atoms with Crippen molar-refractivity contribution in [2.24, 2.45) is 0 Å². The van der Waals surface area contributed by atoms with Crippen LogP contribution in [0.25, 0.3) is 0 Å². The molecular weight excluding hydrogens is 331 g/mol. The molecule has 21 heavy (non-hydrogen) atoms. The van der Waals surface area contributed by atoms with Crippen LogP contribution < -0.4 is 10.0 Å². The van der Waals surface area contributed by atoms with E-state index in [-0.39, 0.29) is 16.5 Å². The standard InChI is InChI=1S/C14H14Cl2N2O2S/c1-2-18(12-6-4-11(17)5-7-12)21(19,20)14-9-10(15)3-8-13(14)16/h3-9H,2,17H2,1H3. The van der Waals surface area contributed by atoms with Crippen molar-refractivity contribution in [2.45, 2.75) is 11.8 Å². The van der Waals surface area contributed by atoms with Gasteiger partial charge in [0.2, 0.25) is 0 Å². The number of anilines is 2. The maximum absolute atomic E-state index is 12.8. The van der Waals surface area contributed by atoms with Crippen LogP contribution in [-0.2, 0) is 10.0 Å². The molecule has 7 heteroatoms. The summed E-state index contributed by atoms with van der Waals surface area (Å²) in [7, 11) is -3.79. The smallest absolute Gasteiger partial charge is 0.265 e. The van der Waals surface area contributed by atoms with Gasteiger partial charge in [-0.3, -0.25) is 4.31 Å². The van der Waals surface area contributed by atoms with Gasteiger partial charge in [0.15, 0.2) is 0 Å². The number of nitrogens with two attached hydrogens (primary N) is 1. The molecule has 0 heterocycles. The van der Waals surface area contributed by atoms with Gasteiger partial charge in [-0.05, 0) is 49.4 Å². The zero-order valence-corrected chi connectivity index (χ0v) is 13.6. The molecule has 0 aromatic heterocycles. The Hall–Kier alpha value is -1.43. The third kappa shape index (κ3) is 3.26. The lowest BCUT2D eigenvalue weighted by molar-refractivity contribution is 0.592. The van der Waals surface area contributed by atoms with Gasteiger partial charge in [0.05, 0.1) is 10.7 Å². The Morgan fingerprint density at radius 2 is 1.71 bits per heavy atom. The molecule has 0 aliphatic rings. The molecule has 0 saturated carbocycles. The average Bonchev–Trinajstić information content (AvgIpc) is 2.44. The third-order valence-electron chi connectivity index (χ3n) is 2.93. The quantitative estimate of drug-likeness (QED) is 0.858. The normalized spacial score (nSPS) is 11.4. The lowest BCUT2D eigenvalue weighted by atomic mass is 10.3. The maximum atomic E-state index is 12.8. The van der Waals surface area contributed by atoms with E-state index in [1.807, 2.05) is 0 Å². The highest BCUT2D eigenvalue weighted by Gasteiger charge is 2.26. The van der Waals surface area contributed by atoms with E-state index in [0.717, 1.165) is 0 Å². The summed E-state index contributed by atoms with van der Waals surface area (Å²) in [5.41, 5.74) is 6.71. The van der Waals surface area contributed by atoms with E-state index in [9.17, 15) is 8.42 Å². The number of rotatable bonds is 4. The fourth-order valence-corrected chi connectivity index (χ4v) is 4.14. The largest absolute Gasteiger partial charge is 0.399 e. The highest BCUT2D eigenvalue weighted by Crippen LogP contribution is 2.30. The van der Waals surface area contributed by atoms with Crippen LogP contribution in [0.5, 0.6) is 0 Å². The van der Waals surface area contributed by atoms with Crippen LogP contribution in [-0.4, -0.2) is 15.0 Å². The second kappa shape index (κ2) is 6.13. The van der Waals surface area contributed by atoms with E-state index < -0.39 is 10.0 Å². The molecule has 4 nitrogen and oxygen atoms in total. The highest BCUT2D eigenvalue weighted by atomic mass is 35.5. The number of nitrogens with zero attached hydrogens (tertiary/aromatic N) is 1. The Balaban J connectivity index is 2.54. The van der Waals surface area contributed by atoms with Crippen molar-refractivity contribution >= 4 is 44.6 Å². The second-order valence-corrected chi connectivity index (χ2v) is 7.01. The molecule has 0 amide bonds. The van der Waals surface area contributed by atoms with Gasteiger partial charge in [0, 0.05) is 17.3 Å². The van der Waals surface area contributed by atoms with E-state index in [2.05, 4.69) is 0 Å². The van der Waals surface area contributed by atoms with E-state index in [0.29, 0.717) is 16.4 Å². The first-order chi connectivity index (χ1) is 9.86. The molecular formula is C14H14Cl2N2O2S. The molecule has 2 rings (SSSR count). The van der Waals surface area contributed by atoms with E-state index in [1.165, 1.54) is 16.4 Å². The topological polar surface area (TPSA) is 63.4 Å². The average molecular weight is 345 g/mol. The van der Waals surface area contributed by atoms with Gasteiger partial charge >= 0.3 is 0 Å². The van der Waals surface area contributed by atoms with Gasteiger partial charge in [-0.2, -0.15) is 0 Å². The van der Waals surface area contributed by atoms with Gasteiger partial charge in [-0.25, -0.2) is 8.42 Å². The molecule has 0 atom stereocenters. The number of sulfonamides is 1. The molecule has 112 valence electrons. The molecule has 2 N–H and O–H groups in total. The van der Waals surface area contributed by atoms with Crippen molar-refractivity contribution in [3.05, 3.63) is 52.5 Å². The summed E-state index contributed by atoms with van der Waals surface area (Å²) in [4.78, 5) is -0.0182. The predicted molar refractivity (Wildman–Crippen MR) is 87.5 cm³/mol. The van der Waals surface area contributed by atoms with Gasteiger partial charge < -0.3 is 5.73 Å². The van der Waals surface area contributed by atoms with Crippen LogP contribution in [0.15, 0.2) is 47.4 Å². The van der Waals surface area contributed by atoms with Crippen molar-refractivity contribution in [1.29, 1.82) is 0 Å². The lowest BCUT2D eigenvalue weighted by Gasteiger charge is -2.23. The first kappa shape index (κ1) is 15.9. The zero-order chi connectivity index (χ0) is 15.6. The van der Waals surface area contributed by atoms with Crippen LogP contribution in [0.3, 0.4) is 0 Å². The van der Waals surface area contributed by atoms with E-state index in [1.54, 1.807) is 37.3 Å². The number of nitrogen functional groups attached to an aromatic ring is 1. The van der Waals surface area contributed by atoms with Crippen LogP contribution in [0.4, 0.5) is 11.4 Å². The summed E-state index contributed by atoms with van der Waals surface area (Å²) in [6.07, 6.45) is 0. The minimum Gasteiger partial charge on any atom is -0.399 e. The van der Waals surface area contributed by atoms with Crippen LogP contribution in [0.1, 0.15) is 6.92 Å². The number of halogens is 2. The first-order valence-corrected chi connectivity index (χ1v) is 8.39. The molecule has 2 aromatic carbocycles. The fourth-order valence-electron chi connectivity index (χ4n) is 1.93. The van der Waals surface area contributed by atoms with Crippen LogP contribution in [0.2, 0.25) is 10.0 Å². The number of hydrogen-bond donors (Lipinski definition) is 1. The Bertz CT molecular complexity index is 746. The van der Waals surface area contributed by atoms with Crippen molar-refractivity contribution in [3.8, 4) is 0 Å². The molecule has 2 aromatic rings. The summed E-state index contributed by atoms with van der Waals surface area (Å²) < 4.78 is 26.8. The minimum atomic E-state index is -3.79. The molecule has 0 unspecified atom stereocenters. The SMILES string of the molecule is CCN(c1ccc(N)cc1)S(=O)(=O)c1cc(Cl)ccc1Cl. The minimum absolute atomic E-state index is 0.0182. The summed E-state index contributed by atoms with van der Waals surface area (Å²) in [5, 5.41) is 0.444. The Morgan fingerprint density at radius 3 is 2.29 bits per heavy atom. The lowest BCUT2D eigenvalue weighted by Crippen LogP contribution is -2.31. The molecule has 0 aliphatic heterocycles. The number of hydrogen-bond acceptors (Lipinski definition) is 3. The summed E-state index contributed by atoms with van der Waals surface area (Å²) in [5.74, 6) is 0. The van der Waals surface area contributed by atoms with Crippen molar-refractivity contribution < 1.29 is 8.42 Å². The first-order valence-electron chi connectivity index (χ1n) is 6.19. The van der Waals surface area contributed by atoms with Crippen LogP contribution in [0, 0.1) is 0 Å². The fraction of sp³-hybridized carbons (Fsp3) is 0.143. The molecule has 0 radical (unpaired) electrons. The molecule has 0 saturated heterocycles.